The lowest BCUT2D eigenvalue weighted by Gasteiger charge is -2.19. The van der Waals surface area contributed by atoms with E-state index in [1.807, 2.05) is 24.3 Å². The second kappa shape index (κ2) is 6.91. The maximum atomic E-state index is 12.6. The number of methoxy groups -OCH3 is 1. The Morgan fingerprint density at radius 3 is 2.58 bits per heavy atom. The molecule has 0 radical (unpaired) electrons. The SMILES string of the molecule is COc1ccccc1CN(C)C(=O)c1ccc(-n2cnnn2)cc1. The van der Waals surface area contributed by atoms with Crippen LogP contribution < -0.4 is 4.74 Å². The van der Waals surface area contributed by atoms with Gasteiger partial charge in [-0.3, -0.25) is 4.79 Å². The predicted octanol–water partition coefficient (Wildman–Crippen LogP) is 1.94. The first-order valence-corrected chi connectivity index (χ1v) is 7.40. The van der Waals surface area contributed by atoms with Crippen LogP contribution in [0, 0.1) is 0 Å². The summed E-state index contributed by atoms with van der Waals surface area (Å²) in [6.45, 7) is 0.470. The molecule has 1 heterocycles. The summed E-state index contributed by atoms with van der Waals surface area (Å²) >= 11 is 0. The third-order valence-corrected chi connectivity index (χ3v) is 3.67. The molecule has 7 heteroatoms. The molecule has 0 atom stereocenters. The van der Waals surface area contributed by atoms with Crippen LogP contribution in [0.15, 0.2) is 54.9 Å². The van der Waals surface area contributed by atoms with E-state index in [0.29, 0.717) is 12.1 Å². The van der Waals surface area contributed by atoms with Gasteiger partial charge in [-0.15, -0.1) is 5.10 Å². The van der Waals surface area contributed by atoms with Gasteiger partial charge in [-0.25, -0.2) is 4.68 Å². The number of carbonyl (C=O) groups is 1. The van der Waals surface area contributed by atoms with E-state index < -0.39 is 0 Å². The number of hydrogen-bond donors (Lipinski definition) is 0. The van der Waals surface area contributed by atoms with E-state index in [4.69, 9.17) is 4.74 Å². The van der Waals surface area contributed by atoms with Gasteiger partial charge in [0.2, 0.25) is 0 Å². The highest BCUT2D eigenvalue weighted by Gasteiger charge is 2.14. The lowest BCUT2D eigenvalue weighted by Crippen LogP contribution is -2.26. The Kier molecular flexibility index (Phi) is 4.51. The molecule has 0 saturated carbocycles. The smallest absolute Gasteiger partial charge is 0.253 e. The first-order chi connectivity index (χ1) is 11.7. The van der Waals surface area contributed by atoms with Crippen LogP contribution in [0.3, 0.4) is 0 Å². The Hall–Kier alpha value is -3.22. The summed E-state index contributed by atoms with van der Waals surface area (Å²) in [7, 11) is 3.39. The number of aromatic nitrogens is 4. The highest BCUT2D eigenvalue weighted by atomic mass is 16.5. The fraction of sp³-hybridized carbons (Fsp3) is 0.176. The van der Waals surface area contributed by atoms with Crippen LogP contribution in [0.4, 0.5) is 0 Å². The van der Waals surface area contributed by atoms with Crippen molar-refractivity contribution in [1.29, 1.82) is 0 Å². The number of nitrogens with zero attached hydrogens (tertiary/aromatic N) is 5. The zero-order valence-corrected chi connectivity index (χ0v) is 13.5. The molecule has 0 unspecified atom stereocenters. The van der Waals surface area contributed by atoms with E-state index in [2.05, 4.69) is 15.5 Å². The molecule has 0 bridgehead atoms. The van der Waals surface area contributed by atoms with Gasteiger partial charge in [-0.2, -0.15) is 0 Å². The zero-order valence-electron chi connectivity index (χ0n) is 13.5. The van der Waals surface area contributed by atoms with Crippen molar-refractivity contribution in [3.05, 3.63) is 66.0 Å². The van der Waals surface area contributed by atoms with Gasteiger partial charge in [0.15, 0.2) is 0 Å². The lowest BCUT2D eigenvalue weighted by atomic mass is 10.1. The molecule has 3 aromatic rings. The standard InChI is InChI=1S/C17H17N5O2/c1-21(11-14-5-3-4-6-16(14)24-2)17(23)13-7-9-15(10-8-13)22-12-18-19-20-22/h3-10,12H,11H2,1-2H3. The maximum absolute atomic E-state index is 12.6. The Morgan fingerprint density at radius 1 is 1.17 bits per heavy atom. The summed E-state index contributed by atoms with van der Waals surface area (Å²) in [6.07, 6.45) is 1.50. The summed E-state index contributed by atoms with van der Waals surface area (Å²) in [5, 5.41) is 11.0. The number of hydrogen-bond acceptors (Lipinski definition) is 5. The molecule has 0 saturated heterocycles. The largest absolute Gasteiger partial charge is 0.496 e. The van der Waals surface area contributed by atoms with E-state index in [-0.39, 0.29) is 5.91 Å². The highest BCUT2D eigenvalue weighted by Crippen LogP contribution is 2.19. The minimum atomic E-state index is -0.0656. The van der Waals surface area contributed by atoms with E-state index in [1.54, 1.807) is 43.3 Å². The van der Waals surface area contributed by atoms with E-state index >= 15 is 0 Å². The van der Waals surface area contributed by atoms with E-state index in [1.165, 1.54) is 11.0 Å². The van der Waals surface area contributed by atoms with Gasteiger partial charge in [0.1, 0.15) is 12.1 Å². The van der Waals surface area contributed by atoms with Crippen LogP contribution >= 0.6 is 0 Å². The van der Waals surface area contributed by atoms with Crippen LogP contribution in [0.1, 0.15) is 15.9 Å². The van der Waals surface area contributed by atoms with Crippen LogP contribution in [0.25, 0.3) is 5.69 Å². The second-order valence-corrected chi connectivity index (χ2v) is 5.27. The predicted molar refractivity (Wildman–Crippen MR) is 87.9 cm³/mol. The van der Waals surface area contributed by atoms with Crippen molar-refractivity contribution >= 4 is 5.91 Å². The van der Waals surface area contributed by atoms with Crippen molar-refractivity contribution in [2.24, 2.45) is 0 Å². The minimum absolute atomic E-state index is 0.0656. The fourth-order valence-electron chi connectivity index (χ4n) is 2.42. The van der Waals surface area contributed by atoms with E-state index in [9.17, 15) is 4.79 Å². The zero-order chi connectivity index (χ0) is 16.9. The first-order valence-electron chi connectivity index (χ1n) is 7.40. The van der Waals surface area contributed by atoms with Crippen molar-refractivity contribution in [2.45, 2.75) is 6.54 Å². The molecule has 24 heavy (non-hydrogen) atoms. The average molecular weight is 323 g/mol. The summed E-state index contributed by atoms with van der Waals surface area (Å²) in [5.74, 6) is 0.704. The van der Waals surface area contributed by atoms with Crippen molar-refractivity contribution in [3.8, 4) is 11.4 Å². The molecule has 0 aliphatic rings. The third kappa shape index (κ3) is 3.24. The number of tetrazole rings is 1. The van der Waals surface area contributed by atoms with Gasteiger partial charge in [0.05, 0.1) is 12.8 Å². The molecule has 0 spiro atoms. The molecule has 1 amide bonds. The van der Waals surface area contributed by atoms with Gasteiger partial charge in [0.25, 0.3) is 5.91 Å². The van der Waals surface area contributed by atoms with Crippen molar-refractivity contribution in [1.82, 2.24) is 25.1 Å². The molecule has 0 aliphatic heterocycles. The normalized spacial score (nSPS) is 10.4. The number of carbonyl (C=O) groups excluding carboxylic acids is 1. The van der Waals surface area contributed by atoms with Gasteiger partial charge < -0.3 is 9.64 Å². The van der Waals surface area contributed by atoms with Gasteiger partial charge >= 0.3 is 0 Å². The lowest BCUT2D eigenvalue weighted by molar-refractivity contribution is 0.0784. The number of amides is 1. The van der Waals surface area contributed by atoms with Crippen LogP contribution in [-0.2, 0) is 6.54 Å². The van der Waals surface area contributed by atoms with Gasteiger partial charge in [-0.05, 0) is 40.8 Å². The second-order valence-electron chi connectivity index (χ2n) is 5.27. The molecule has 7 nitrogen and oxygen atoms in total. The van der Waals surface area contributed by atoms with Crippen molar-refractivity contribution in [2.75, 3.05) is 14.2 Å². The Balaban J connectivity index is 1.73. The fourth-order valence-corrected chi connectivity index (χ4v) is 2.42. The highest BCUT2D eigenvalue weighted by molar-refractivity contribution is 5.94. The van der Waals surface area contributed by atoms with Crippen LogP contribution in [0.5, 0.6) is 5.75 Å². The summed E-state index contributed by atoms with van der Waals surface area (Å²) in [4.78, 5) is 14.2. The number of benzene rings is 2. The monoisotopic (exact) mass is 323 g/mol. The molecular weight excluding hydrogens is 306 g/mol. The number of ether oxygens (including phenoxy) is 1. The van der Waals surface area contributed by atoms with Crippen LogP contribution in [0.2, 0.25) is 0 Å². The Bertz CT molecular complexity index is 815. The Morgan fingerprint density at radius 2 is 1.92 bits per heavy atom. The molecule has 3 rings (SSSR count). The molecule has 1 aromatic heterocycles. The number of rotatable bonds is 5. The van der Waals surface area contributed by atoms with Gasteiger partial charge in [0, 0.05) is 24.7 Å². The van der Waals surface area contributed by atoms with Crippen LogP contribution in [-0.4, -0.2) is 45.2 Å². The summed E-state index contributed by atoms with van der Waals surface area (Å²) in [5.41, 5.74) is 2.36. The van der Waals surface area contributed by atoms with Crippen molar-refractivity contribution < 1.29 is 9.53 Å². The third-order valence-electron chi connectivity index (χ3n) is 3.67. The van der Waals surface area contributed by atoms with E-state index in [0.717, 1.165) is 17.0 Å². The van der Waals surface area contributed by atoms with Crippen molar-refractivity contribution in [3.63, 3.8) is 0 Å². The first kappa shape index (κ1) is 15.7. The maximum Gasteiger partial charge on any atom is 0.253 e. The molecule has 0 fully saturated rings. The molecule has 2 aromatic carbocycles. The average Bonchev–Trinajstić information content (AvgIpc) is 3.16. The quantitative estimate of drug-likeness (QED) is 0.717. The molecule has 0 N–H and O–H groups in total. The van der Waals surface area contributed by atoms with Gasteiger partial charge in [-0.1, -0.05) is 18.2 Å². The molecular formula is C17H17N5O2. The molecule has 0 aliphatic carbocycles. The summed E-state index contributed by atoms with van der Waals surface area (Å²) in [6, 6.07) is 14.8. The molecule has 122 valence electrons. The topological polar surface area (TPSA) is 73.1 Å². The minimum Gasteiger partial charge on any atom is -0.496 e. The summed E-state index contributed by atoms with van der Waals surface area (Å²) < 4.78 is 6.86. The Labute approximate surface area is 139 Å². The number of para-hydroxylation sites is 1.